The van der Waals surface area contributed by atoms with Crippen molar-refractivity contribution in [2.75, 3.05) is 7.11 Å². The number of hydrogen-bond acceptors (Lipinski definition) is 5. The minimum absolute atomic E-state index is 0.337. The van der Waals surface area contributed by atoms with Gasteiger partial charge in [-0.1, -0.05) is 30.3 Å². The molecule has 0 saturated heterocycles. The Morgan fingerprint density at radius 3 is 2.60 bits per heavy atom. The molecule has 2 aromatic rings. The molecule has 0 radical (unpaired) electrons. The lowest BCUT2D eigenvalue weighted by molar-refractivity contribution is -0.143. The van der Waals surface area contributed by atoms with Gasteiger partial charge in [0.05, 0.1) is 19.3 Å². The predicted molar refractivity (Wildman–Crippen MR) is 74.0 cm³/mol. The Balaban J connectivity index is 2.11. The number of carbonyl (C=O) groups excluding carboxylic acids is 1. The van der Waals surface area contributed by atoms with E-state index in [2.05, 4.69) is 10.3 Å². The fourth-order valence-corrected chi connectivity index (χ4v) is 1.90. The van der Waals surface area contributed by atoms with Crippen molar-refractivity contribution in [3.8, 4) is 0 Å². The Bertz CT molecular complexity index is 559. The summed E-state index contributed by atoms with van der Waals surface area (Å²) in [4.78, 5) is 16.1. The lowest BCUT2D eigenvalue weighted by Gasteiger charge is -2.15. The van der Waals surface area contributed by atoms with Gasteiger partial charge >= 0.3 is 5.97 Å². The van der Waals surface area contributed by atoms with Crippen LogP contribution in [0.15, 0.2) is 34.7 Å². The van der Waals surface area contributed by atoms with Crippen LogP contribution in [0.3, 0.4) is 0 Å². The summed E-state index contributed by atoms with van der Waals surface area (Å²) < 4.78 is 10.3. The van der Waals surface area contributed by atoms with E-state index in [4.69, 9.17) is 9.15 Å². The van der Waals surface area contributed by atoms with Crippen molar-refractivity contribution in [1.29, 1.82) is 0 Å². The average Bonchev–Trinajstić information content (AvgIpc) is 2.78. The summed E-state index contributed by atoms with van der Waals surface area (Å²) in [5.74, 6) is 1.01. The van der Waals surface area contributed by atoms with Crippen molar-refractivity contribution in [3.63, 3.8) is 0 Å². The monoisotopic (exact) mass is 274 g/mol. The molecule has 0 aliphatic rings. The third-order valence-electron chi connectivity index (χ3n) is 3.10. The molecule has 0 bridgehead atoms. The summed E-state index contributed by atoms with van der Waals surface area (Å²) in [6, 6.07) is 8.88. The highest BCUT2D eigenvalue weighted by Gasteiger charge is 2.21. The molecule has 1 aromatic carbocycles. The van der Waals surface area contributed by atoms with Crippen LogP contribution in [0.2, 0.25) is 0 Å². The first-order chi connectivity index (χ1) is 9.61. The Morgan fingerprint density at radius 1 is 1.35 bits per heavy atom. The van der Waals surface area contributed by atoms with E-state index in [0.717, 1.165) is 17.0 Å². The highest BCUT2D eigenvalue weighted by Crippen LogP contribution is 2.15. The summed E-state index contributed by atoms with van der Waals surface area (Å²) in [7, 11) is 1.37. The zero-order valence-corrected chi connectivity index (χ0v) is 11.8. The van der Waals surface area contributed by atoms with Crippen LogP contribution in [0.1, 0.15) is 29.0 Å². The van der Waals surface area contributed by atoms with Crippen molar-refractivity contribution >= 4 is 5.97 Å². The zero-order chi connectivity index (χ0) is 14.5. The van der Waals surface area contributed by atoms with Crippen LogP contribution in [0.25, 0.3) is 0 Å². The molecule has 0 spiro atoms. The second-order valence-corrected chi connectivity index (χ2v) is 4.50. The molecule has 0 aliphatic carbocycles. The van der Waals surface area contributed by atoms with Gasteiger partial charge in [0.1, 0.15) is 11.8 Å². The third-order valence-corrected chi connectivity index (χ3v) is 3.10. The first-order valence-electron chi connectivity index (χ1n) is 6.41. The van der Waals surface area contributed by atoms with Crippen LogP contribution < -0.4 is 5.32 Å². The molecule has 5 heteroatoms. The Morgan fingerprint density at radius 2 is 2.05 bits per heavy atom. The van der Waals surface area contributed by atoms with Crippen LogP contribution in [0, 0.1) is 13.8 Å². The minimum Gasteiger partial charge on any atom is -0.468 e. The molecule has 0 aliphatic heterocycles. The number of methoxy groups -OCH3 is 1. The molecular formula is C15H18N2O3. The van der Waals surface area contributed by atoms with Gasteiger partial charge in [-0.15, -0.1) is 0 Å². The number of hydrogen-bond donors (Lipinski definition) is 1. The summed E-state index contributed by atoms with van der Waals surface area (Å²) in [6.45, 7) is 4.11. The van der Waals surface area contributed by atoms with E-state index in [1.165, 1.54) is 7.11 Å². The first kappa shape index (κ1) is 14.3. The van der Waals surface area contributed by atoms with Crippen LogP contribution in [-0.4, -0.2) is 18.1 Å². The number of oxazole rings is 1. The summed E-state index contributed by atoms with van der Waals surface area (Å²) in [5, 5.41) is 3.11. The van der Waals surface area contributed by atoms with E-state index in [0.29, 0.717) is 12.4 Å². The fraction of sp³-hybridized carbons (Fsp3) is 0.333. The molecule has 0 amide bonds. The second-order valence-electron chi connectivity index (χ2n) is 4.50. The Labute approximate surface area is 118 Å². The second kappa shape index (κ2) is 6.34. The van der Waals surface area contributed by atoms with E-state index < -0.39 is 6.04 Å². The lowest BCUT2D eigenvalue weighted by atomic mass is 10.1. The van der Waals surface area contributed by atoms with Gasteiger partial charge in [0.2, 0.25) is 5.89 Å². The maximum Gasteiger partial charge on any atom is 0.327 e. The van der Waals surface area contributed by atoms with Crippen LogP contribution in [0.5, 0.6) is 0 Å². The number of carbonyl (C=O) groups is 1. The van der Waals surface area contributed by atoms with Crippen LogP contribution >= 0.6 is 0 Å². The molecule has 1 N–H and O–H groups in total. The number of ether oxygens (including phenoxy) is 1. The third kappa shape index (κ3) is 3.24. The van der Waals surface area contributed by atoms with Gasteiger partial charge in [-0.3, -0.25) is 5.32 Å². The molecule has 0 fully saturated rings. The highest BCUT2D eigenvalue weighted by atomic mass is 16.5. The smallest absolute Gasteiger partial charge is 0.327 e. The lowest BCUT2D eigenvalue weighted by Crippen LogP contribution is -2.29. The van der Waals surface area contributed by atoms with Gasteiger partial charge in [-0.05, 0) is 19.4 Å². The van der Waals surface area contributed by atoms with Crippen molar-refractivity contribution < 1.29 is 13.9 Å². The molecule has 1 aromatic heterocycles. The predicted octanol–water partition coefficient (Wildman–Crippen LogP) is 2.30. The van der Waals surface area contributed by atoms with E-state index in [1.807, 2.05) is 44.2 Å². The molecule has 1 heterocycles. The van der Waals surface area contributed by atoms with E-state index in [1.54, 1.807) is 0 Å². The largest absolute Gasteiger partial charge is 0.468 e. The van der Waals surface area contributed by atoms with Crippen LogP contribution in [-0.2, 0) is 16.1 Å². The Hall–Kier alpha value is -2.14. The normalized spacial score (nSPS) is 12.2. The molecule has 1 atom stereocenters. The number of aryl methyl sites for hydroxylation is 2. The number of aromatic nitrogens is 1. The maximum atomic E-state index is 11.9. The minimum atomic E-state index is -0.534. The van der Waals surface area contributed by atoms with Gasteiger partial charge < -0.3 is 9.15 Å². The molecule has 20 heavy (non-hydrogen) atoms. The van der Waals surface area contributed by atoms with Gasteiger partial charge in [0.25, 0.3) is 0 Å². The summed E-state index contributed by atoms with van der Waals surface area (Å²) >= 11 is 0. The number of rotatable bonds is 5. The SMILES string of the molecule is COC(=O)C(NCc1nc(C)c(C)o1)c1ccccc1. The summed E-state index contributed by atoms with van der Waals surface area (Å²) in [5.41, 5.74) is 1.70. The molecular weight excluding hydrogens is 256 g/mol. The van der Waals surface area contributed by atoms with Crippen molar-refractivity contribution in [2.24, 2.45) is 0 Å². The number of esters is 1. The number of nitrogens with zero attached hydrogens (tertiary/aromatic N) is 1. The van der Waals surface area contributed by atoms with E-state index >= 15 is 0 Å². The molecule has 0 saturated carbocycles. The van der Waals surface area contributed by atoms with Crippen molar-refractivity contribution in [3.05, 3.63) is 53.2 Å². The average molecular weight is 274 g/mol. The fourth-order valence-electron chi connectivity index (χ4n) is 1.90. The van der Waals surface area contributed by atoms with Gasteiger partial charge in [-0.2, -0.15) is 0 Å². The molecule has 5 nitrogen and oxygen atoms in total. The highest BCUT2D eigenvalue weighted by molar-refractivity contribution is 5.77. The van der Waals surface area contributed by atoms with Crippen molar-refractivity contribution in [1.82, 2.24) is 10.3 Å². The van der Waals surface area contributed by atoms with Gasteiger partial charge in [-0.25, -0.2) is 9.78 Å². The number of nitrogens with one attached hydrogen (secondary N) is 1. The van der Waals surface area contributed by atoms with Crippen molar-refractivity contribution in [2.45, 2.75) is 26.4 Å². The van der Waals surface area contributed by atoms with Gasteiger partial charge in [0, 0.05) is 0 Å². The standard InChI is InChI=1S/C15H18N2O3/c1-10-11(2)20-13(17-10)9-16-14(15(18)19-3)12-7-5-4-6-8-12/h4-8,14,16H,9H2,1-3H3. The maximum absolute atomic E-state index is 11.9. The molecule has 2 rings (SSSR count). The van der Waals surface area contributed by atoms with Crippen LogP contribution in [0.4, 0.5) is 0 Å². The van der Waals surface area contributed by atoms with Gasteiger partial charge in [0.15, 0.2) is 0 Å². The van der Waals surface area contributed by atoms with E-state index in [-0.39, 0.29) is 5.97 Å². The Kier molecular flexibility index (Phi) is 4.53. The number of benzene rings is 1. The quantitative estimate of drug-likeness (QED) is 0.847. The van der Waals surface area contributed by atoms with E-state index in [9.17, 15) is 4.79 Å². The first-order valence-corrected chi connectivity index (χ1v) is 6.41. The molecule has 106 valence electrons. The zero-order valence-electron chi connectivity index (χ0n) is 11.8. The molecule has 1 unspecified atom stereocenters. The summed E-state index contributed by atoms with van der Waals surface area (Å²) in [6.07, 6.45) is 0. The topological polar surface area (TPSA) is 64.4 Å².